The molecule has 2 aromatic rings. The second-order valence-corrected chi connectivity index (χ2v) is 10.5. The lowest BCUT2D eigenvalue weighted by atomic mass is 9.99. The number of carbonyl (C=O) groups is 2. The van der Waals surface area contributed by atoms with Gasteiger partial charge in [-0.15, -0.1) is 0 Å². The lowest BCUT2D eigenvalue weighted by Crippen LogP contribution is -2.30. The fourth-order valence-electron chi connectivity index (χ4n) is 3.73. The maximum absolute atomic E-state index is 13.5. The van der Waals surface area contributed by atoms with Gasteiger partial charge in [-0.3, -0.25) is 25.4 Å². The first-order valence-corrected chi connectivity index (χ1v) is 13.1. The van der Waals surface area contributed by atoms with Gasteiger partial charge in [0.2, 0.25) is 5.91 Å². The van der Waals surface area contributed by atoms with E-state index >= 15 is 0 Å². The average molecular weight is 565 g/mol. The molecule has 3 N–H and O–H groups in total. The predicted molar refractivity (Wildman–Crippen MR) is 147 cm³/mol. The molecule has 2 aliphatic rings. The fraction of sp³-hybridized carbons (Fsp3) is 0.357. The lowest BCUT2D eigenvalue weighted by molar-refractivity contribution is -0.132. The number of hydrogen-bond donors (Lipinski definition) is 3. The molecular formula is C28H26F2N6O3S. The summed E-state index contributed by atoms with van der Waals surface area (Å²) in [4.78, 5) is 35.2. The van der Waals surface area contributed by atoms with E-state index in [-0.39, 0.29) is 50.2 Å². The highest BCUT2D eigenvalue weighted by molar-refractivity contribution is 8.26. The van der Waals surface area contributed by atoms with Gasteiger partial charge in [0, 0.05) is 37.3 Å². The van der Waals surface area contributed by atoms with E-state index in [0.29, 0.717) is 24.6 Å². The summed E-state index contributed by atoms with van der Waals surface area (Å²) in [6.45, 7) is 0. The third kappa shape index (κ3) is 6.82. The summed E-state index contributed by atoms with van der Waals surface area (Å²) in [5.41, 5.74) is -0.826. The molecule has 40 heavy (non-hydrogen) atoms. The molecule has 0 saturated heterocycles. The van der Waals surface area contributed by atoms with Crippen LogP contribution in [0.1, 0.15) is 53.9 Å². The predicted octanol–water partition coefficient (Wildman–Crippen LogP) is 4.10. The Morgan fingerprint density at radius 3 is 2.50 bits per heavy atom. The Bertz CT molecular complexity index is 1510. The molecule has 0 bridgehead atoms. The fourth-order valence-corrected chi connectivity index (χ4v) is 4.18. The van der Waals surface area contributed by atoms with Gasteiger partial charge in [0.25, 0.3) is 12.3 Å². The summed E-state index contributed by atoms with van der Waals surface area (Å²) in [5, 5.41) is 18.0. The van der Waals surface area contributed by atoms with Crippen molar-refractivity contribution in [2.75, 3.05) is 21.2 Å². The van der Waals surface area contributed by atoms with E-state index in [1.54, 1.807) is 14.1 Å². The molecule has 0 aliphatic heterocycles. The number of nitrogens with one attached hydrogen (secondary N) is 3. The normalized spacial score (nSPS) is 14.7. The molecule has 0 spiro atoms. The van der Waals surface area contributed by atoms with Gasteiger partial charge in [-0.1, -0.05) is 11.8 Å². The van der Waals surface area contributed by atoms with E-state index in [4.69, 9.17) is 15.6 Å². The molecule has 2 fully saturated rings. The number of hydrogen-bond acceptors (Lipinski definition) is 8. The van der Waals surface area contributed by atoms with Crippen molar-refractivity contribution in [3.8, 4) is 40.6 Å². The summed E-state index contributed by atoms with van der Waals surface area (Å²) >= 11 is 0.682. The van der Waals surface area contributed by atoms with Crippen LogP contribution in [0.4, 0.5) is 8.78 Å². The van der Waals surface area contributed by atoms with Crippen molar-refractivity contribution in [3.63, 3.8) is 0 Å². The number of halogens is 2. The molecule has 0 radical (unpaired) electrons. The van der Waals surface area contributed by atoms with Crippen LogP contribution in [0, 0.1) is 45.8 Å². The van der Waals surface area contributed by atoms with Crippen molar-refractivity contribution in [2.45, 2.75) is 32.1 Å². The van der Waals surface area contributed by atoms with Crippen LogP contribution in [0.25, 0.3) is 11.1 Å². The van der Waals surface area contributed by atoms with Crippen molar-refractivity contribution in [1.29, 1.82) is 10.8 Å². The van der Waals surface area contributed by atoms with Crippen LogP contribution < -0.4 is 10.1 Å². The van der Waals surface area contributed by atoms with E-state index in [0.717, 1.165) is 25.1 Å². The van der Waals surface area contributed by atoms with Crippen molar-refractivity contribution in [2.24, 2.45) is 11.3 Å². The number of carbonyl (C=O) groups excluding carboxylic acids is 2. The number of pyridine rings is 2. The Kier molecular flexibility index (Phi) is 8.50. The minimum absolute atomic E-state index is 0.0401. The molecule has 2 aliphatic carbocycles. The van der Waals surface area contributed by atoms with Crippen molar-refractivity contribution >= 4 is 33.8 Å². The molecule has 0 atom stereocenters. The minimum atomic E-state index is -2.87. The van der Waals surface area contributed by atoms with E-state index in [2.05, 4.69) is 39.0 Å². The second kappa shape index (κ2) is 11.8. The van der Waals surface area contributed by atoms with E-state index in [9.17, 15) is 18.4 Å². The number of methoxy groups -OCH3 is 1. The third-order valence-electron chi connectivity index (χ3n) is 6.16. The number of nitrogens with zero attached hydrogens (tertiary/aromatic N) is 3. The van der Waals surface area contributed by atoms with Crippen LogP contribution in [0.15, 0.2) is 24.5 Å². The number of amides is 2. The highest BCUT2D eigenvalue weighted by Gasteiger charge is 2.49. The Morgan fingerprint density at radius 2 is 1.90 bits per heavy atom. The maximum Gasteiger partial charge on any atom is 0.280 e. The third-order valence-corrected chi connectivity index (χ3v) is 6.78. The quantitative estimate of drug-likeness (QED) is 0.285. The van der Waals surface area contributed by atoms with E-state index in [1.165, 1.54) is 24.3 Å². The number of rotatable bonds is 5. The number of aromatic nitrogens is 2. The standard InChI is InChI=1S/C28H26F2N6O3S/c1-36(2)26(38)28(10-11-28)9-8-17-12-18(19-13-21(24(29)30)34-15-22(19)39-3)20(14-33-17)25(37)35-27(32)40-23(31)7-6-16-4-5-16/h12-16,24,31H,4-5,10-11H2,1-3H3,(H2,32,35,37). The zero-order chi connectivity index (χ0) is 29.0. The van der Waals surface area contributed by atoms with Gasteiger partial charge in [0.05, 0.1) is 18.9 Å². The highest BCUT2D eigenvalue weighted by atomic mass is 32.2. The second-order valence-electron chi connectivity index (χ2n) is 9.52. The van der Waals surface area contributed by atoms with Gasteiger partial charge < -0.3 is 15.0 Å². The van der Waals surface area contributed by atoms with Gasteiger partial charge in [-0.2, -0.15) is 0 Å². The minimum Gasteiger partial charge on any atom is -0.494 e. The monoisotopic (exact) mass is 564 g/mol. The number of ether oxygens (including phenoxy) is 1. The average Bonchev–Trinajstić information content (AvgIpc) is 3.85. The smallest absolute Gasteiger partial charge is 0.280 e. The summed E-state index contributed by atoms with van der Waals surface area (Å²) in [6.07, 6.45) is 2.70. The first kappa shape index (κ1) is 28.7. The molecule has 206 valence electrons. The number of thioether (sulfide) groups is 1. The first-order valence-electron chi connectivity index (χ1n) is 12.3. The molecular weight excluding hydrogens is 538 g/mol. The molecule has 0 unspecified atom stereocenters. The summed E-state index contributed by atoms with van der Waals surface area (Å²) in [6, 6.07) is 2.57. The van der Waals surface area contributed by atoms with Crippen LogP contribution in [-0.4, -0.2) is 58.1 Å². The van der Waals surface area contributed by atoms with Crippen LogP contribution in [0.3, 0.4) is 0 Å². The Hall–Kier alpha value is -4.29. The lowest BCUT2D eigenvalue weighted by Gasteiger charge is -2.15. The summed E-state index contributed by atoms with van der Waals surface area (Å²) < 4.78 is 32.4. The molecule has 9 nitrogen and oxygen atoms in total. The van der Waals surface area contributed by atoms with E-state index < -0.39 is 23.4 Å². The molecule has 2 amide bonds. The van der Waals surface area contributed by atoms with Gasteiger partial charge in [-0.25, -0.2) is 13.8 Å². The zero-order valence-corrected chi connectivity index (χ0v) is 22.8. The van der Waals surface area contributed by atoms with Crippen LogP contribution in [-0.2, 0) is 4.79 Å². The van der Waals surface area contributed by atoms with Crippen molar-refractivity contribution in [3.05, 3.63) is 41.5 Å². The van der Waals surface area contributed by atoms with Gasteiger partial charge >= 0.3 is 0 Å². The number of amidine groups is 1. The summed E-state index contributed by atoms with van der Waals surface area (Å²) in [5.74, 6) is 11.0. The molecule has 12 heteroatoms. The molecule has 2 aromatic heterocycles. The molecule has 0 aromatic carbocycles. The first-order chi connectivity index (χ1) is 19.0. The maximum atomic E-state index is 13.5. The highest BCUT2D eigenvalue weighted by Crippen LogP contribution is 2.46. The Labute approximate surface area is 234 Å². The van der Waals surface area contributed by atoms with Crippen LogP contribution in [0.2, 0.25) is 0 Å². The largest absolute Gasteiger partial charge is 0.494 e. The zero-order valence-electron chi connectivity index (χ0n) is 22.0. The molecule has 2 heterocycles. The van der Waals surface area contributed by atoms with Crippen molar-refractivity contribution < 1.29 is 23.1 Å². The molecule has 4 rings (SSSR count). The van der Waals surface area contributed by atoms with Gasteiger partial charge in [0.15, 0.2) is 5.17 Å². The van der Waals surface area contributed by atoms with Crippen LogP contribution >= 0.6 is 11.8 Å². The SMILES string of the molecule is COc1cnc(C(F)F)cc1-c1cc(C#CC2(C(=O)N(C)C)CC2)ncc1C(=O)NC(=N)SC(=N)C#CC1CC1. The van der Waals surface area contributed by atoms with Crippen LogP contribution in [0.5, 0.6) is 5.75 Å². The van der Waals surface area contributed by atoms with Crippen molar-refractivity contribution in [1.82, 2.24) is 20.2 Å². The van der Waals surface area contributed by atoms with Gasteiger partial charge in [0.1, 0.15) is 27.6 Å². The topological polar surface area (TPSA) is 132 Å². The Balaban J connectivity index is 1.69. The van der Waals surface area contributed by atoms with Gasteiger partial charge in [-0.05, 0) is 61.4 Å². The summed E-state index contributed by atoms with van der Waals surface area (Å²) in [7, 11) is 4.65. The Morgan fingerprint density at radius 1 is 1.18 bits per heavy atom. The van der Waals surface area contributed by atoms with E-state index in [1.807, 2.05) is 0 Å². The molecule has 2 saturated carbocycles. The number of alkyl halides is 2.